The Labute approximate surface area is 105 Å². The summed E-state index contributed by atoms with van der Waals surface area (Å²) in [4.78, 5) is 8.09. The highest BCUT2D eigenvalue weighted by molar-refractivity contribution is 6.29. The molecule has 0 atom stereocenters. The lowest BCUT2D eigenvalue weighted by molar-refractivity contribution is 0.361. The van der Waals surface area contributed by atoms with E-state index in [4.69, 9.17) is 11.6 Å². The largest absolute Gasteiger partial charge is 0.324 e. The van der Waals surface area contributed by atoms with E-state index in [1.165, 1.54) is 6.20 Å². The van der Waals surface area contributed by atoms with Gasteiger partial charge >= 0.3 is 0 Å². The maximum atomic E-state index is 5.78. The molecule has 0 saturated heterocycles. The Bertz CT molecular complexity index is 515. The molecule has 0 unspecified atom stereocenters. The van der Waals surface area contributed by atoms with Crippen molar-refractivity contribution in [3.05, 3.63) is 29.8 Å². The smallest absolute Gasteiger partial charge is 0.151 e. The fourth-order valence-corrected chi connectivity index (χ4v) is 1.61. The third kappa shape index (κ3) is 2.74. The maximum absolute atomic E-state index is 5.78. The van der Waals surface area contributed by atoms with Crippen molar-refractivity contribution in [3.63, 3.8) is 0 Å². The highest BCUT2D eigenvalue weighted by Crippen LogP contribution is 2.21. The average molecular weight is 252 g/mol. The topological polar surface area (TPSA) is 55.6 Å². The van der Waals surface area contributed by atoms with Gasteiger partial charge in [0.05, 0.1) is 24.1 Å². The SMILES string of the molecule is CC(C)(C)n1nccc1Nc1cncc(Cl)n1. The Morgan fingerprint density at radius 2 is 2.06 bits per heavy atom. The quantitative estimate of drug-likeness (QED) is 0.892. The number of halogens is 1. The molecule has 1 N–H and O–H groups in total. The Morgan fingerprint density at radius 3 is 2.71 bits per heavy atom. The Morgan fingerprint density at radius 1 is 1.29 bits per heavy atom. The van der Waals surface area contributed by atoms with Gasteiger partial charge < -0.3 is 5.32 Å². The zero-order valence-electron chi connectivity index (χ0n) is 9.98. The number of rotatable bonds is 2. The summed E-state index contributed by atoms with van der Waals surface area (Å²) in [6.45, 7) is 6.23. The number of nitrogens with zero attached hydrogens (tertiary/aromatic N) is 4. The van der Waals surface area contributed by atoms with Crippen LogP contribution in [0.4, 0.5) is 11.6 Å². The lowest BCUT2D eigenvalue weighted by Gasteiger charge is -2.22. The summed E-state index contributed by atoms with van der Waals surface area (Å²) >= 11 is 5.78. The van der Waals surface area contributed by atoms with Crippen molar-refractivity contribution in [2.45, 2.75) is 26.3 Å². The third-order valence-electron chi connectivity index (χ3n) is 2.14. The molecule has 2 rings (SSSR count). The van der Waals surface area contributed by atoms with E-state index in [2.05, 4.69) is 41.2 Å². The summed E-state index contributed by atoms with van der Waals surface area (Å²) in [5.41, 5.74) is -0.0994. The Kier molecular flexibility index (Phi) is 3.02. The molecule has 0 amide bonds. The summed E-state index contributed by atoms with van der Waals surface area (Å²) in [5.74, 6) is 1.46. The number of anilines is 2. The van der Waals surface area contributed by atoms with Crippen LogP contribution in [0.5, 0.6) is 0 Å². The second-order valence-corrected chi connectivity index (χ2v) is 5.04. The molecule has 5 nitrogen and oxygen atoms in total. The van der Waals surface area contributed by atoms with Crippen LogP contribution in [-0.4, -0.2) is 19.7 Å². The fraction of sp³-hybridized carbons (Fsp3) is 0.364. The van der Waals surface area contributed by atoms with E-state index in [1.54, 1.807) is 12.4 Å². The van der Waals surface area contributed by atoms with Crippen LogP contribution in [-0.2, 0) is 5.54 Å². The van der Waals surface area contributed by atoms with E-state index in [9.17, 15) is 0 Å². The minimum absolute atomic E-state index is 0.0994. The van der Waals surface area contributed by atoms with Crippen LogP contribution in [0.3, 0.4) is 0 Å². The van der Waals surface area contributed by atoms with Crippen molar-refractivity contribution in [3.8, 4) is 0 Å². The van der Waals surface area contributed by atoms with Gasteiger partial charge in [-0.3, -0.25) is 4.98 Å². The van der Waals surface area contributed by atoms with E-state index < -0.39 is 0 Å². The minimum Gasteiger partial charge on any atom is -0.324 e. The molecule has 90 valence electrons. The molecule has 6 heteroatoms. The molecule has 0 aromatic carbocycles. The summed E-state index contributed by atoms with van der Waals surface area (Å²) in [6.07, 6.45) is 4.85. The van der Waals surface area contributed by atoms with Crippen molar-refractivity contribution in [1.29, 1.82) is 0 Å². The molecule has 0 bridgehead atoms. The first-order valence-corrected chi connectivity index (χ1v) is 5.64. The van der Waals surface area contributed by atoms with Crippen LogP contribution in [0.25, 0.3) is 0 Å². The van der Waals surface area contributed by atoms with E-state index in [0.717, 1.165) is 5.82 Å². The standard InChI is InChI=1S/C11H14ClN5/c1-11(2,3)17-10(4-5-14-17)16-9-7-13-6-8(12)15-9/h4-7H,1-3H3,(H,15,16). The van der Waals surface area contributed by atoms with Crippen LogP contribution >= 0.6 is 11.6 Å². The van der Waals surface area contributed by atoms with E-state index in [1.807, 2.05) is 10.7 Å². The highest BCUT2D eigenvalue weighted by Gasteiger charge is 2.17. The molecule has 0 saturated carbocycles. The lowest BCUT2D eigenvalue weighted by atomic mass is 10.1. The summed E-state index contributed by atoms with van der Waals surface area (Å²) in [7, 11) is 0. The van der Waals surface area contributed by atoms with Crippen LogP contribution in [0.2, 0.25) is 5.15 Å². The Hall–Kier alpha value is -1.62. The van der Waals surface area contributed by atoms with E-state index in [0.29, 0.717) is 11.0 Å². The first-order chi connectivity index (χ1) is 7.97. The number of hydrogen-bond acceptors (Lipinski definition) is 4. The van der Waals surface area contributed by atoms with Crippen LogP contribution in [0, 0.1) is 0 Å². The second kappa shape index (κ2) is 4.33. The van der Waals surface area contributed by atoms with Gasteiger partial charge in [0.15, 0.2) is 5.82 Å². The van der Waals surface area contributed by atoms with Gasteiger partial charge in [-0.15, -0.1) is 0 Å². The molecule has 2 aromatic rings. The molecule has 0 aliphatic carbocycles. The van der Waals surface area contributed by atoms with Gasteiger partial charge in [0, 0.05) is 6.07 Å². The van der Waals surface area contributed by atoms with Crippen molar-refractivity contribution in [2.24, 2.45) is 0 Å². The molecule has 0 aliphatic heterocycles. The number of hydrogen-bond donors (Lipinski definition) is 1. The first kappa shape index (κ1) is 11.9. The lowest BCUT2D eigenvalue weighted by Crippen LogP contribution is -2.24. The summed E-state index contributed by atoms with van der Waals surface area (Å²) in [6, 6.07) is 1.88. The maximum Gasteiger partial charge on any atom is 0.151 e. The van der Waals surface area contributed by atoms with Gasteiger partial charge in [0.25, 0.3) is 0 Å². The van der Waals surface area contributed by atoms with Crippen molar-refractivity contribution in [1.82, 2.24) is 19.7 Å². The van der Waals surface area contributed by atoms with E-state index in [-0.39, 0.29) is 5.54 Å². The average Bonchev–Trinajstić information content (AvgIpc) is 2.65. The molecular formula is C11H14ClN5. The van der Waals surface area contributed by atoms with Gasteiger partial charge in [-0.1, -0.05) is 11.6 Å². The minimum atomic E-state index is -0.0994. The third-order valence-corrected chi connectivity index (χ3v) is 2.32. The monoisotopic (exact) mass is 251 g/mol. The molecule has 0 spiro atoms. The van der Waals surface area contributed by atoms with Crippen molar-refractivity contribution < 1.29 is 0 Å². The summed E-state index contributed by atoms with van der Waals surface area (Å²) in [5, 5.41) is 7.78. The molecule has 0 radical (unpaired) electrons. The first-order valence-electron chi connectivity index (χ1n) is 5.26. The molecule has 2 heterocycles. The Balaban J connectivity index is 2.28. The summed E-state index contributed by atoms with van der Waals surface area (Å²) < 4.78 is 1.88. The highest BCUT2D eigenvalue weighted by atomic mass is 35.5. The van der Waals surface area contributed by atoms with Crippen LogP contribution < -0.4 is 5.32 Å². The molecule has 0 aliphatic rings. The predicted octanol–water partition coefficient (Wildman–Crippen LogP) is 2.83. The van der Waals surface area contributed by atoms with Crippen LogP contribution in [0.15, 0.2) is 24.7 Å². The number of aromatic nitrogens is 4. The normalized spacial score (nSPS) is 11.5. The van der Waals surface area contributed by atoms with Crippen molar-refractivity contribution in [2.75, 3.05) is 5.32 Å². The van der Waals surface area contributed by atoms with Gasteiger partial charge in [0.2, 0.25) is 0 Å². The molecule has 0 fully saturated rings. The number of nitrogens with one attached hydrogen (secondary N) is 1. The second-order valence-electron chi connectivity index (χ2n) is 4.65. The fourth-order valence-electron chi connectivity index (χ4n) is 1.47. The van der Waals surface area contributed by atoms with Gasteiger partial charge in [-0.25, -0.2) is 9.67 Å². The molecular weight excluding hydrogens is 238 g/mol. The van der Waals surface area contributed by atoms with Crippen LogP contribution in [0.1, 0.15) is 20.8 Å². The van der Waals surface area contributed by atoms with Crippen molar-refractivity contribution >= 4 is 23.2 Å². The van der Waals surface area contributed by atoms with Gasteiger partial charge in [0.1, 0.15) is 11.0 Å². The van der Waals surface area contributed by atoms with Gasteiger partial charge in [-0.2, -0.15) is 5.10 Å². The molecule has 2 aromatic heterocycles. The zero-order chi connectivity index (χ0) is 12.5. The zero-order valence-corrected chi connectivity index (χ0v) is 10.7. The van der Waals surface area contributed by atoms with E-state index >= 15 is 0 Å². The molecule has 17 heavy (non-hydrogen) atoms. The predicted molar refractivity (Wildman–Crippen MR) is 67.5 cm³/mol. The van der Waals surface area contributed by atoms with Gasteiger partial charge in [-0.05, 0) is 20.8 Å².